The van der Waals surface area contributed by atoms with E-state index in [1.54, 1.807) is 24.3 Å². The maximum absolute atomic E-state index is 11.7. The molecule has 0 spiro atoms. The second kappa shape index (κ2) is 12.3. The van der Waals surface area contributed by atoms with E-state index in [0.717, 1.165) is 7.11 Å². The molecule has 2 aromatic rings. The van der Waals surface area contributed by atoms with E-state index in [1.165, 1.54) is 25.7 Å². The zero-order valence-electron chi connectivity index (χ0n) is 12.3. The van der Waals surface area contributed by atoms with Gasteiger partial charge in [-0.1, -0.05) is 17.9 Å². The summed E-state index contributed by atoms with van der Waals surface area (Å²) >= 11 is 0. The predicted octanol–water partition coefficient (Wildman–Crippen LogP) is -0.642. The van der Waals surface area contributed by atoms with Crippen molar-refractivity contribution in [3.8, 4) is 11.5 Å². The Balaban J connectivity index is 0. The normalized spacial score (nSPS) is 10.1. The van der Waals surface area contributed by atoms with Crippen LogP contribution >= 0.6 is 0 Å². The van der Waals surface area contributed by atoms with E-state index in [1.807, 2.05) is 0 Å². The van der Waals surface area contributed by atoms with Gasteiger partial charge in [0.05, 0.1) is 25.5 Å². The van der Waals surface area contributed by atoms with Crippen LogP contribution in [0.25, 0.3) is 0 Å². The minimum Gasteiger partial charge on any atom is -2.00 e. The molecular formula is C14H13N2O6V-5. The standard InChI is InChI=1S/C13H12N2O4.CH3O.O.V/c1-18-10-5-2-4-9(12(10)16)8-14-15-13(17)11-6-3-7-19-11;1-2;;/h2-8,16H,1H3,(H,15,17);1H3;;/q;-1;-2;/p-2/b14-8+;;;. The number of hydrogen-bond donors (Lipinski definition) is 0. The van der Waals surface area contributed by atoms with Crippen molar-refractivity contribution in [3.63, 3.8) is 0 Å². The Morgan fingerprint density at radius 3 is 2.48 bits per heavy atom. The molecule has 1 aromatic heterocycles. The third-order valence-electron chi connectivity index (χ3n) is 2.31. The minimum absolute atomic E-state index is 0. The van der Waals surface area contributed by atoms with Crippen molar-refractivity contribution in [3.05, 3.63) is 47.9 Å². The summed E-state index contributed by atoms with van der Waals surface area (Å²) in [6.45, 7) is 0. The average molecular weight is 356 g/mol. The molecule has 0 aliphatic heterocycles. The molecule has 0 saturated heterocycles. The topological polar surface area (TPSA) is 145 Å². The van der Waals surface area contributed by atoms with Crippen molar-refractivity contribution in [1.82, 2.24) is 0 Å². The third-order valence-corrected chi connectivity index (χ3v) is 2.31. The van der Waals surface area contributed by atoms with Crippen LogP contribution in [0.5, 0.6) is 11.5 Å². The van der Waals surface area contributed by atoms with E-state index in [9.17, 15) is 10.2 Å². The zero-order valence-corrected chi connectivity index (χ0v) is 13.7. The Morgan fingerprint density at radius 1 is 1.22 bits per heavy atom. The number of hydrogen-bond acceptors (Lipinski definition) is 7. The molecule has 0 amide bonds. The molecule has 0 N–H and O–H groups in total. The van der Waals surface area contributed by atoms with Gasteiger partial charge < -0.3 is 29.9 Å². The van der Waals surface area contributed by atoms with Crippen molar-refractivity contribution in [2.24, 2.45) is 10.2 Å². The maximum atomic E-state index is 11.7. The Labute approximate surface area is 144 Å². The SMILES string of the molecule is COc1cccc(/C=N/N=C(\[O-])c2ccco2)c1[O-].C[O-].[O-2].[V]. The third kappa shape index (κ3) is 6.58. The van der Waals surface area contributed by atoms with Gasteiger partial charge in [0.2, 0.25) is 0 Å². The molecule has 8 nitrogen and oxygen atoms in total. The predicted molar refractivity (Wildman–Crippen MR) is 71.9 cm³/mol. The summed E-state index contributed by atoms with van der Waals surface area (Å²) in [4.78, 5) is 0. The van der Waals surface area contributed by atoms with Crippen molar-refractivity contribution in [2.45, 2.75) is 0 Å². The van der Waals surface area contributed by atoms with Crippen LogP contribution < -0.4 is 20.1 Å². The van der Waals surface area contributed by atoms with E-state index < -0.39 is 5.90 Å². The van der Waals surface area contributed by atoms with Gasteiger partial charge in [-0.05, 0) is 23.8 Å². The summed E-state index contributed by atoms with van der Waals surface area (Å²) in [6.07, 6.45) is 2.57. The molecule has 2 rings (SSSR count). The fraction of sp³-hybridized carbons (Fsp3) is 0.143. The van der Waals surface area contributed by atoms with Gasteiger partial charge in [-0.15, -0.1) is 0 Å². The largest absolute Gasteiger partial charge is 2.00 e. The van der Waals surface area contributed by atoms with Crippen LogP contribution in [0.4, 0.5) is 0 Å². The summed E-state index contributed by atoms with van der Waals surface area (Å²) in [5.41, 5.74) is 0.287. The van der Waals surface area contributed by atoms with E-state index in [-0.39, 0.29) is 46.9 Å². The van der Waals surface area contributed by atoms with Crippen LogP contribution in [-0.2, 0) is 24.0 Å². The van der Waals surface area contributed by atoms with Crippen LogP contribution in [0.1, 0.15) is 11.3 Å². The van der Waals surface area contributed by atoms with Gasteiger partial charge in [-0.25, -0.2) is 0 Å². The molecule has 0 saturated carbocycles. The maximum Gasteiger partial charge on any atom is 0.139 e. The molecule has 0 bridgehead atoms. The van der Waals surface area contributed by atoms with Gasteiger partial charge in [0.1, 0.15) is 11.5 Å². The molecule has 0 fully saturated rings. The number of ether oxygens (including phenoxy) is 1. The summed E-state index contributed by atoms with van der Waals surface area (Å²) in [5.74, 6) is -0.627. The Bertz CT molecular complexity index is 614. The molecule has 23 heavy (non-hydrogen) atoms. The zero-order chi connectivity index (χ0) is 15.7. The first-order valence-corrected chi connectivity index (χ1v) is 5.79. The molecule has 0 atom stereocenters. The van der Waals surface area contributed by atoms with E-state index in [4.69, 9.17) is 14.3 Å². The number of para-hydroxylation sites is 1. The minimum atomic E-state index is -0.614. The van der Waals surface area contributed by atoms with Crippen molar-refractivity contribution >= 4 is 12.1 Å². The second-order valence-corrected chi connectivity index (χ2v) is 3.51. The van der Waals surface area contributed by atoms with E-state index >= 15 is 0 Å². The molecule has 0 aliphatic rings. The molecular weight excluding hydrogens is 343 g/mol. The van der Waals surface area contributed by atoms with Crippen molar-refractivity contribution < 1.29 is 48.5 Å². The Hall–Kier alpha value is -2.26. The van der Waals surface area contributed by atoms with Crippen molar-refractivity contribution in [2.75, 3.05) is 14.2 Å². The fourth-order valence-corrected chi connectivity index (χ4v) is 1.39. The quantitative estimate of drug-likeness (QED) is 0.406. The number of rotatable bonds is 4. The molecule has 125 valence electrons. The number of furan rings is 1. The summed E-state index contributed by atoms with van der Waals surface area (Å²) < 4.78 is 9.74. The number of nitrogens with zero attached hydrogens (tertiary/aromatic N) is 2. The van der Waals surface area contributed by atoms with Gasteiger partial charge in [0.25, 0.3) is 0 Å². The van der Waals surface area contributed by atoms with Crippen LogP contribution in [-0.4, -0.2) is 26.3 Å². The summed E-state index contributed by atoms with van der Waals surface area (Å²) in [5, 5.41) is 38.4. The molecule has 1 heterocycles. The summed E-state index contributed by atoms with van der Waals surface area (Å²) in [6, 6.07) is 7.80. The number of methoxy groups -OCH3 is 1. The molecule has 9 heteroatoms. The first-order valence-electron chi connectivity index (χ1n) is 5.79. The van der Waals surface area contributed by atoms with E-state index in [2.05, 4.69) is 10.2 Å². The Morgan fingerprint density at radius 2 is 1.91 bits per heavy atom. The van der Waals surface area contributed by atoms with E-state index in [0.29, 0.717) is 0 Å². The average Bonchev–Trinajstić information content (AvgIpc) is 3.05. The van der Waals surface area contributed by atoms with Crippen LogP contribution in [0.2, 0.25) is 0 Å². The van der Waals surface area contributed by atoms with Gasteiger partial charge in [0, 0.05) is 18.6 Å². The molecule has 1 aromatic carbocycles. The van der Waals surface area contributed by atoms with Gasteiger partial charge >= 0.3 is 0 Å². The molecule has 0 unspecified atom stereocenters. The first-order chi connectivity index (χ1) is 10.2. The van der Waals surface area contributed by atoms with Gasteiger partial charge in [-0.2, -0.15) is 17.3 Å². The summed E-state index contributed by atoms with van der Waals surface area (Å²) in [7, 11) is 2.16. The van der Waals surface area contributed by atoms with Crippen LogP contribution in [0.15, 0.2) is 51.2 Å². The number of benzene rings is 1. The van der Waals surface area contributed by atoms with Crippen molar-refractivity contribution in [1.29, 1.82) is 0 Å². The van der Waals surface area contributed by atoms with Crippen LogP contribution in [0.3, 0.4) is 0 Å². The molecule has 0 aliphatic carbocycles. The molecule has 1 radical (unpaired) electrons. The smallest absolute Gasteiger partial charge is 0.139 e. The Kier molecular flexibility index (Phi) is 12.3. The first kappa shape index (κ1) is 23.0. The second-order valence-electron chi connectivity index (χ2n) is 3.51. The monoisotopic (exact) mass is 356 g/mol. The van der Waals surface area contributed by atoms with Gasteiger partial charge in [0.15, 0.2) is 0 Å². The fourth-order valence-electron chi connectivity index (χ4n) is 1.39. The van der Waals surface area contributed by atoms with Crippen LogP contribution in [0, 0.1) is 0 Å². The van der Waals surface area contributed by atoms with Gasteiger partial charge in [-0.3, -0.25) is 0 Å².